The van der Waals surface area contributed by atoms with Crippen molar-refractivity contribution < 1.29 is 27.2 Å². The van der Waals surface area contributed by atoms with Crippen LogP contribution in [0.15, 0.2) is 30.3 Å². The molecule has 0 aromatic heterocycles. The summed E-state index contributed by atoms with van der Waals surface area (Å²) in [6.45, 7) is 4.85. The van der Waals surface area contributed by atoms with Crippen molar-refractivity contribution in [3.8, 4) is 0 Å². The van der Waals surface area contributed by atoms with Gasteiger partial charge in [-0.3, -0.25) is 4.57 Å². The van der Waals surface area contributed by atoms with Crippen molar-refractivity contribution in [2.45, 2.75) is 64.3 Å². The Morgan fingerprint density at radius 3 is 2.45 bits per heavy atom. The average molecular weight is 506 g/mol. The molecule has 2 aromatic carbocycles. The molecule has 0 bridgehead atoms. The van der Waals surface area contributed by atoms with Crippen molar-refractivity contribution in [2.24, 2.45) is 0 Å². The molecule has 0 amide bonds. The highest BCUT2D eigenvalue weighted by molar-refractivity contribution is 7.32. The highest BCUT2D eigenvalue weighted by Crippen LogP contribution is 2.31. The van der Waals surface area contributed by atoms with E-state index >= 15 is 0 Å². The van der Waals surface area contributed by atoms with Gasteiger partial charge >= 0.3 is 8.25 Å². The summed E-state index contributed by atoms with van der Waals surface area (Å²) in [5.41, 5.74) is 1.30. The molecule has 0 saturated carbocycles. The lowest BCUT2D eigenvalue weighted by Gasteiger charge is -2.25. The van der Waals surface area contributed by atoms with Crippen molar-refractivity contribution in [1.29, 1.82) is 0 Å². The number of hydrogen-bond donors (Lipinski definition) is 2. The van der Waals surface area contributed by atoms with Crippen molar-refractivity contribution in [3.05, 3.63) is 69.5 Å². The molecule has 4 nitrogen and oxygen atoms in total. The van der Waals surface area contributed by atoms with E-state index in [1.165, 1.54) is 18.2 Å². The predicted octanol–water partition coefficient (Wildman–Crippen LogP) is 6.72. The maximum atomic E-state index is 14.6. The maximum Gasteiger partial charge on any atom is 0.316 e. The Bertz CT molecular complexity index is 926. The minimum absolute atomic E-state index is 0.0928. The standard InChI is InChI=1S/C24H32ClF3NO3P/c1-24(2,18-8-10-19(26)11-9-18)12-5-3-4-7-20-21(27)15-17(23(28)22(20)25)16-29-13-6-14-32-33(30)31/h8-11,15,29,33H,3-7,12-14,16H2,1-2H3,(H,30,31). The van der Waals surface area contributed by atoms with E-state index in [2.05, 4.69) is 23.7 Å². The van der Waals surface area contributed by atoms with Gasteiger partial charge in [0.25, 0.3) is 0 Å². The van der Waals surface area contributed by atoms with Gasteiger partial charge in [0.05, 0.1) is 11.6 Å². The van der Waals surface area contributed by atoms with Gasteiger partial charge < -0.3 is 14.7 Å². The first kappa shape index (κ1) is 27.9. The molecule has 0 aliphatic carbocycles. The van der Waals surface area contributed by atoms with Gasteiger partial charge in [0.15, 0.2) is 0 Å². The molecule has 0 aliphatic rings. The molecule has 9 heteroatoms. The number of nitrogens with one attached hydrogen (secondary N) is 1. The minimum Gasteiger partial charge on any atom is -0.326 e. The molecule has 33 heavy (non-hydrogen) atoms. The topological polar surface area (TPSA) is 58.6 Å². The molecular formula is C24H32ClF3NO3P. The van der Waals surface area contributed by atoms with E-state index in [0.717, 1.165) is 24.8 Å². The van der Waals surface area contributed by atoms with Crippen LogP contribution in [0, 0.1) is 17.5 Å². The summed E-state index contributed by atoms with van der Waals surface area (Å²) in [6.07, 6.45) is 4.14. The summed E-state index contributed by atoms with van der Waals surface area (Å²) in [5.74, 6) is -1.41. The van der Waals surface area contributed by atoms with Gasteiger partial charge in [-0.25, -0.2) is 13.2 Å². The zero-order valence-electron chi connectivity index (χ0n) is 19.0. The van der Waals surface area contributed by atoms with Crippen LogP contribution in [-0.4, -0.2) is 18.0 Å². The van der Waals surface area contributed by atoms with Crippen LogP contribution in [0.25, 0.3) is 0 Å². The van der Waals surface area contributed by atoms with Gasteiger partial charge in [-0.1, -0.05) is 50.4 Å². The van der Waals surface area contributed by atoms with E-state index in [9.17, 15) is 17.7 Å². The normalized spacial score (nSPS) is 12.8. The molecule has 0 radical (unpaired) electrons. The third-order valence-corrected chi connectivity index (χ3v) is 6.57. The molecule has 1 atom stereocenters. The quantitative estimate of drug-likeness (QED) is 0.170. The summed E-state index contributed by atoms with van der Waals surface area (Å²) in [5, 5.41) is 2.76. The second-order valence-corrected chi connectivity index (χ2v) is 9.92. The Kier molecular flexibility index (Phi) is 11.4. The molecule has 0 heterocycles. The Balaban J connectivity index is 1.80. The van der Waals surface area contributed by atoms with E-state index < -0.39 is 19.9 Å². The first-order valence-electron chi connectivity index (χ1n) is 11.1. The summed E-state index contributed by atoms with van der Waals surface area (Å²) in [7, 11) is -2.95. The first-order valence-corrected chi connectivity index (χ1v) is 12.7. The predicted molar refractivity (Wildman–Crippen MR) is 126 cm³/mol. The van der Waals surface area contributed by atoms with Crippen LogP contribution in [0.3, 0.4) is 0 Å². The zero-order valence-corrected chi connectivity index (χ0v) is 20.8. The van der Waals surface area contributed by atoms with Crippen molar-refractivity contribution in [3.63, 3.8) is 0 Å². The third-order valence-electron chi connectivity index (χ3n) is 5.72. The van der Waals surface area contributed by atoms with Crippen LogP contribution < -0.4 is 5.32 Å². The fourth-order valence-corrected chi connectivity index (χ4v) is 4.34. The second-order valence-electron chi connectivity index (χ2n) is 8.72. The largest absolute Gasteiger partial charge is 0.326 e. The Morgan fingerprint density at radius 2 is 1.79 bits per heavy atom. The summed E-state index contributed by atoms with van der Waals surface area (Å²) < 4.78 is 57.3. The highest BCUT2D eigenvalue weighted by atomic mass is 35.5. The van der Waals surface area contributed by atoms with Gasteiger partial charge in [-0.05, 0) is 61.4 Å². The fraction of sp³-hybridized carbons (Fsp3) is 0.500. The smallest absolute Gasteiger partial charge is 0.316 e. The molecule has 0 aliphatic heterocycles. The van der Waals surface area contributed by atoms with E-state index in [4.69, 9.17) is 16.5 Å². The number of halogens is 4. The Hall–Kier alpha value is -1.37. The van der Waals surface area contributed by atoms with Crippen LogP contribution in [0.2, 0.25) is 5.02 Å². The van der Waals surface area contributed by atoms with Crippen LogP contribution in [0.1, 0.15) is 62.6 Å². The molecule has 2 N–H and O–H groups in total. The van der Waals surface area contributed by atoms with Crippen molar-refractivity contribution >= 4 is 19.9 Å². The minimum atomic E-state index is -2.95. The molecule has 2 rings (SSSR count). The van der Waals surface area contributed by atoms with Crippen LogP contribution in [0.5, 0.6) is 0 Å². The number of rotatable bonds is 14. The number of hydrogen-bond acceptors (Lipinski definition) is 3. The van der Waals surface area contributed by atoms with Gasteiger partial charge in [0, 0.05) is 17.7 Å². The Morgan fingerprint density at radius 1 is 1.09 bits per heavy atom. The molecule has 0 fully saturated rings. The van der Waals surface area contributed by atoms with Gasteiger partial charge in [-0.2, -0.15) is 0 Å². The first-order chi connectivity index (χ1) is 15.6. The molecular weight excluding hydrogens is 474 g/mol. The van der Waals surface area contributed by atoms with E-state index in [-0.39, 0.29) is 40.5 Å². The monoisotopic (exact) mass is 505 g/mol. The second kappa shape index (κ2) is 13.5. The molecule has 0 saturated heterocycles. The molecule has 0 spiro atoms. The average Bonchev–Trinajstić information content (AvgIpc) is 2.75. The van der Waals surface area contributed by atoms with E-state index in [1.54, 1.807) is 12.1 Å². The van der Waals surface area contributed by atoms with Gasteiger partial charge in [-0.15, -0.1) is 0 Å². The Labute approximate surface area is 199 Å². The number of benzene rings is 2. The summed E-state index contributed by atoms with van der Waals surface area (Å²) >= 11 is 6.13. The van der Waals surface area contributed by atoms with Crippen molar-refractivity contribution in [1.82, 2.24) is 5.32 Å². The van der Waals surface area contributed by atoms with Gasteiger partial charge in [0.2, 0.25) is 0 Å². The van der Waals surface area contributed by atoms with Crippen LogP contribution >= 0.6 is 19.9 Å². The summed E-state index contributed by atoms with van der Waals surface area (Å²) in [6, 6.07) is 7.70. The fourth-order valence-electron chi connectivity index (χ4n) is 3.71. The van der Waals surface area contributed by atoms with Gasteiger partial charge in [0.1, 0.15) is 17.5 Å². The SMILES string of the molecule is CC(C)(CCCCCc1c(F)cc(CNCCCO[PH](=O)O)c(F)c1Cl)c1ccc(F)cc1. The van der Waals surface area contributed by atoms with Crippen molar-refractivity contribution in [2.75, 3.05) is 13.2 Å². The van der Waals surface area contributed by atoms with Crippen LogP contribution in [0.4, 0.5) is 13.2 Å². The molecule has 2 aromatic rings. The number of unbranched alkanes of at least 4 members (excludes halogenated alkanes) is 2. The molecule has 1 unspecified atom stereocenters. The third kappa shape index (κ3) is 9.06. The van der Waals surface area contributed by atoms with E-state index in [0.29, 0.717) is 25.8 Å². The lowest BCUT2D eigenvalue weighted by atomic mass is 9.80. The summed E-state index contributed by atoms with van der Waals surface area (Å²) in [4.78, 5) is 8.58. The highest BCUT2D eigenvalue weighted by Gasteiger charge is 2.20. The zero-order chi connectivity index (χ0) is 24.4. The lowest BCUT2D eigenvalue weighted by Crippen LogP contribution is -2.17. The maximum absolute atomic E-state index is 14.6. The molecule has 184 valence electrons. The van der Waals surface area contributed by atoms with E-state index in [1.807, 2.05) is 0 Å². The lowest BCUT2D eigenvalue weighted by molar-refractivity contribution is 0.276. The van der Waals surface area contributed by atoms with Crippen LogP contribution in [-0.2, 0) is 27.5 Å².